The van der Waals surface area contributed by atoms with Gasteiger partial charge in [0.1, 0.15) is 35.1 Å². The molecule has 3 saturated heterocycles. The first-order valence-electron chi connectivity index (χ1n) is 5.93. The molecule has 5 aliphatic rings. The van der Waals surface area contributed by atoms with Gasteiger partial charge in [-0.3, -0.25) is 0 Å². The Morgan fingerprint density at radius 3 is 2.53 bits per heavy atom. The molecule has 6 atom stereocenters. The first-order chi connectivity index (χ1) is 7.25. The Labute approximate surface area is 87.5 Å². The highest BCUT2D eigenvalue weighted by Gasteiger charge is 2.92. The minimum absolute atomic E-state index is 0.112. The summed E-state index contributed by atoms with van der Waals surface area (Å²) in [5.41, 5.74) is -0.825. The summed E-state index contributed by atoms with van der Waals surface area (Å²) >= 11 is 0. The molecule has 6 unspecified atom stereocenters. The summed E-state index contributed by atoms with van der Waals surface area (Å²) in [6.45, 7) is 0.649. The van der Waals surface area contributed by atoms with Crippen LogP contribution in [0.3, 0.4) is 0 Å². The zero-order valence-corrected chi connectivity index (χ0v) is 8.44. The van der Waals surface area contributed by atoms with Crippen LogP contribution in [0, 0.1) is 0 Å². The predicted octanol–water partition coefficient (Wildman–Crippen LogP) is -0.0209. The maximum atomic E-state index is 10.5. The largest absolute Gasteiger partial charge is 0.387 e. The van der Waals surface area contributed by atoms with Crippen LogP contribution >= 0.6 is 0 Å². The molecule has 82 valence electrons. The van der Waals surface area contributed by atoms with E-state index in [0.717, 1.165) is 19.3 Å². The maximum absolute atomic E-state index is 10.5. The second-order valence-corrected chi connectivity index (χ2v) is 5.71. The molecule has 15 heavy (non-hydrogen) atoms. The molecule has 0 aromatic carbocycles. The first-order valence-corrected chi connectivity index (χ1v) is 5.93. The van der Waals surface area contributed by atoms with Crippen molar-refractivity contribution in [3.8, 4) is 0 Å². The van der Waals surface area contributed by atoms with Crippen molar-refractivity contribution in [3.63, 3.8) is 0 Å². The lowest BCUT2D eigenvalue weighted by atomic mass is 9.66. The molecule has 0 bridgehead atoms. The number of aliphatic hydroxyl groups is 1. The quantitative estimate of drug-likeness (QED) is 0.571. The number of rotatable bonds is 0. The van der Waals surface area contributed by atoms with E-state index in [1.54, 1.807) is 0 Å². The van der Waals surface area contributed by atoms with Crippen LogP contribution in [-0.4, -0.2) is 46.8 Å². The maximum Gasteiger partial charge on any atom is 0.149 e. The Morgan fingerprint density at radius 1 is 1.07 bits per heavy atom. The fourth-order valence-corrected chi connectivity index (χ4v) is 4.26. The van der Waals surface area contributed by atoms with E-state index in [1.807, 2.05) is 0 Å². The summed E-state index contributed by atoms with van der Waals surface area (Å²) in [5.74, 6) is 0. The molecular weight excluding hydrogens is 196 g/mol. The molecule has 1 spiro atoms. The molecule has 3 aliphatic heterocycles. The molecule has 0 radical (unpaired) electrons. The van der Waals surface area contributed by atoms with Crippen molar-refractivity contribution in [1.82, 2.24) is 0 Å². The summed E-state index contributed by atoms with van der Waals surface area (Å²) in [6.07, 6.45) is 4.26. The molecule has 5 fully saturated rings. The lowest BCUT2D eigenvalue weighted by Gasteiger charge is -2.33. The topological polar surface area (TPSA) is 57.8 Å². The number of fused-ring (bicyclic) bond motifs is 2. The third-order valence-corrected chi connectivity index (χ3v) is 5.20. The van der Waals surface area contributed by atoms with Gasteiger partial charge in [-0.1, -0.05) is 12.8 Å². The lowest BCUT2D eigenvalue weighted by Crippen LogP contribution is -2.57. The molecule has 1 N–H and O–H groups in total. The SMILES string of the molecule is OC1C2(CO2)C2OC2C23CCCCC12O3. The highest BCUT2D eigenvalue weighted by atomic mass is 16.7. The monoisotopic (exact) mass is 210 g/mol. The van der Waals surface area contributed by atoms with E-state index in [9.17, 15) is 5.11 Å². The van der Waals surface area contributed by atoms with E-state index >= 15 is 0 Å². The number of epoxide rings is 3. The van der Waals surface area contributed by atoms with Gasteiger partial charge >= 0.3 is 0 Å². The zero-order chi connectivity index (χ0) is 9.89. The van der Waals surface area contributed by atoms with Gasteiger partial charge in [0.2, 0.25) is 0 Å². The summed E-state index contributed by atoms with van der Waals surface area (Å²) < 4.78 is 17.2. The van der Waals surface area contributed by atoms with Crippen LogP contribution in [0.1, 0.15) is 25.7 Å². The molecule has 5 rings (SSSR count). The van der Waals surface area contributed by atoms with Crippen molar-refractivity contribution in [2.24, 2.45) is 0 Å². The average molecular weight is 210 g/mol. The standard InChI is InChI=1S/C11H14O4/c12-8-9(5-13-9)6-7(14-6)10-3-1-2-4-11(8,10)15-10/h6-8,12H,1-5H2. The summed E-state index contributed by atoms with van der Waals surface area (Å²) in [7, 11) is 0. The molecule has 4 heteroatoms. The van der Waals surface area contributed by atoms with Gasteiger partial charge in [-0.15, -0.1) is 0 Å². The number of aliphatic hydroxyl groups excluding tert-OH is 1. The van der Waals surface area contributed by atoms with Crippen molar-refractivity contribution < 1.29 is 19.3 Å². The molecule has 0 amide bonds. The summed E-state index contributed by atoms with van der Waals surface area (Å²) in [4.78, 5) is 0. The number of ether oxygens (including phenoxy) is 3. The Hall–Kier alpha value is -0.160. The molecule has 2 aliphatic carbocycles. The van der Waals surface area contributed by atoms with E-state index in [0.29, 0.717) is 6.61 Å². The Balaban J connectivity index is 1.66. The third kappa shape index (κ3) is 0.601. The second-order valence-electron chi connectivity index (χ2n) is 5.71. The van der Waals surface area contributed by atoms with Gasteiger partial charge in [0.15, 0.2) is 0 Å². The van der Waals surface area contributed by atoms with E-state index < -0.39 is 6.10 Å². The molecule has 0 aromatic heterocycles. The van der Waals surface area contributed by atoms with Crippen LogP contribution in [0.4, 0.5) is 0 Å². The van der Waals surface area contributed by atoms with E-state index in [1.165, 1.54) is 6.42 Å². The van der Waals surface area contributed by atoms with Crippen LogP contribution in [0.5, 0.6) is 0 Å². The van der Waals surface area contributed by atoms with Gasteiger partial charge in [0, 0.05) is 0 Å². The highest BCUT2D eigenvalue weighted by Crippen LogP contribution is 2.73. The fraction of sp³-hybridized carbons (Fsp3) is 1.00. The average Bonchev–Trinajstić information content (AvgIpc) is 3.12. The van der Waals surface area contributed by atoms with Gasteiger partial charge in [-0.25, -0.2) is 0 Å². The van der Waals surface area contributed by atoms with Gasteiger partial charge in [-0.05, 0) is 12.8 Å². The Kier molecular flexibility index (Phi) is 1.00. The Morgan fingerprint density at radius 2 is 1.80 bits per heavy atom. The predicted molar refractivity (Wildman–Crippen MR) is 48.4 cm³/mol. The minimum atomic E-state index is -0.464. The molecule has 0 aromatic rings. The van der Waals surface area contributed by atoms with Crippen molar-refractivity contribution in [3.05, 3.63) is 0 Å². The fourth-order valence-electron chi connectivity index (χ4n) is 4.26. The minimum Gasteiger partial charge on any atom is -0.387 e. The highest BCUT2D eigenvalue weighted by molar-refractivity contribution is 5.40. The van der Waals surface area contributed by atoms with Gasteiger partial charge in [-0.2, -0.15) is 0 Å². The van der Waals surface area contributed by atoms with Crippen molar-refractivity contribution in [1.29, 1.82) is 0 Å². The van der Waals surface area contributed by atoms with Crippen LogP contribution in [0.2, 0.25) is 0 Å². The smallest absolute Gasteiger partial charge is 0.149 e. The summed E-state index contributed by atoms with van der Waals surface area (Å²) in [6, 6.07) is 0. The number of hydrogen-bond donors (Lipinski definition) is 1. The van der Waals surface area contributed by atoms with Gasteiger partial charge in [0.25, 0.3) is 0 Å². The lowest BCUT2D eigenvalue weighted by molar-refractivity contribution is -0.0113. The zero-order valence-electron chi connectivity index (χ0n) is 8.44. The van der Waals surface area contributed by atoms with Gasteiger partial charge in [0.05, 0.1) is 6.61 Å². The molecule has 2 saturated carbocycles. The third-order valence-electron chi connectivity index (χ3n) is 5.20. The van der Waals surface area contributed by atoms with Gasteiger partial charge < -0.3 is 19.3 Å². The molecule has 4 nitrogen and oxygen atoms in total. The normalized spacial score (nSPS) is 73.0. The van der Waals surface area contributed by atoms with E-state index in [4.69, 9.17) is 14.2 Å². The first kappa shape index (κ1) is 8.01. The number of hydrogen-bond acceptors (Lipinski definition) is 4. The van der Waals surface area contributed by atoms with E-state index in [2.05, 4.69) is 0 Å². The van der Waals surface area contributed by atoms with Crippen LogP contribution < -0.4 is 0 Å². The van der Waals surface area contributed by atoms with Crippen molar-refractivity contribution in [2.75, 3.05) is 6.61 Å². The second kappa shape index (κ2) is 1.88. The van der Waals surface area contributed by atoms with E-state index in [-0.39, 0.29) is 29.0 Å². The summed E-state index contributed by atoms with van der Waals surface area (Å²) in [5, 5.41) is 10.5. The Bertz CT molecular complexity index is 366. The van der Waals surface area contributed by atoms with Crippen LogP contribution in [0.15, 0.2) is 0 Å². The molecular formula is C11H14O4. The molecule has 3 heterocycles. The van der Waals surface area contributed by atoms with Crippen molar-refractivity contribution in [2.45, 2.75) is 60.8 Å². The van der Waals surface area contributed by atoms with Crippen LogP contribution in [-0.2, 0) is 14.2 Å². The van der Waals surface area contributed by atoms with Crippen molar-refractivity contribution >= 4 is 0 Å². The van der Waals surface area contributed by atoms with Crippen LogP contribution in [0.25, 0.3) is 0 Å².